The molecule has 1 aromatic heterocycles. The van der Waals surface area contributed by atoms with Crippen LogP contribution in [-0.2, 0) is 9.63 Å². The molecule has 0 saturated carbocycles. The molecule has 0 bridgehead atoms. The highest BCUT2D eigenvalue weighted by atomic mass is 16.7. The van der Waals surface area contributed by atoms with Crippen molar-refractivity contribution in [2.24, 2.45) is 10.4 Å². The van der Waals surface area contributed by atoms with Gasteiger partial charge in [-0.15, -0.1) is 0 Å². The summed E-state index contributed by atoms with van der Waals surface area (Å²) in [5.41, 5.74) is 0. The number of aromatic nitrogens is 2. The summed E-state index contributed by atoms with van der Waals surface area (Å²) in [6, 6.07) is 1.65. The predicted molar refractivity (Wildman–Crippen MR) is 35.7 cm³/mol. The van der Waals surface area contributed by atoms with E-state index in [-0.39, 0.29) is 5.82 Å². The first-order valence-electron chi connectivity index (χ1n) is 3.25. The molecule has 0 fully saturated rings. The Kier molecular flexibility index (Phi) is 1.51. The predicted octanol–water partition coefficient (Wildman–Crippen LogP) is 0.442. The van der Waals surface area contributed by atoms with Crippen LogP contribution in [0.1, 0.15) is 11.9 Å². The van der Waals surface area contributed by atoms with E-state index in [2.05, 4.69) is 25.2 Å². The van der Waals surface area contributed by atoms with Crippen LogP contribution < -0.4 is 0 Å². The molecule has 0 aliphatic carbocycles. The Morgan fingerprint density at radius 1 is 1.33 bits per heavy atom. The van der Waals surface area contributed by atoms with Gasteiger partial charge in [-0.05, 0) is 6.07 Å². The number of nitrogens with zero attached hydrogens (tertiary/aromatic N) is 4. The van der Waals surface area contributed by atoms with Gasteiger partial charge in [0.2, 0.25) is 0 Å². The maximum absolute atomic E-state index is 10.9. The number of rotatable bonds is 1. The highest BCUT2D eigenvalue weighted by Gasteiger charge is 2.29. The van der Waals surface area contributed by atoms with E-state index in [1.54, 1.807) is 6.07 Å². The fraction of sp³-hybridized carbons (Fsp3) is 0.167. The Hall–Kier alpha value is -1.85. The number of hydrogen-bond acceptors (Lipinski definition) is 5. The number of carbonyl (C=O) groups is 1. The van der Waals surface area contributed by atoms with E-state index >= 15 is 0 Å². The van der Waals surface area contributed by atoms with Crippen LogP contribution in [0.3, 0.4) is 0 Å². The largest absolute Gasteiger partial charge is 0.357 e. The number of hydrogen-bond donors (Lipinski definition) is 0. The molecule has 1 amide bonds. The van der Waals surface area contributed by atoms with Gasteiger partial charge in [0, 0.05) is 17.7 Å². The zero-order valence-corrected chi connectivity index (χ0v) is 5.91. The normalized spacial score (nSPS) is 21.0. The minimum atomic E-state index is -0.855. The van der Waals surface area contributed by atoms with Gasteiger partial charge in [0.1, 0.15) is 0 Å². The monoisotopic (exact) mass is 164 g/mol. The fourth-order valence-electron chi connectivity index (χ4n) is 0.812. The summed E-state index contributed by atoms with van der Waals surface area (Å²) in [5, 5.41) is 6.30. The van der Waals surface area contributed by atoms with E-state index in [0.717, 1.165) is 0 Å². The first-order chi connectivity index (χ1) is 5.88. The SMILES string of the molecule is O=C1N=NOC1c1ncccn1. The van der Waals surface area contributed by atoms with Gasteiger partial charge in [0.15, 0.2) is 5.82 Å². The molecule has 0 saturated heterocycles. The van der Waals surface area contributed by atoms with Crippen molar-refractivity contribution in [3.8, 4) is 0 Å². The van der Waals surface area contributed by atoms with Crippen molar-refractivity contribution in [2.75, 3.05) is 0 Å². The average molecular weight is 164 g/mol. The van der Waals surface area contributed by atoms with Crippen LogP contribution in [0.25, 0.3) is 0 Å². The lowest BCUT2D eigenvalue weighted by Gasteiger charge is -2.00. The second-order valence-corrected chi connectivity index (χ2v) is 2.11. The molecular weight excluding hydrogens is 160 g/mol. The Morgan fingerprint density at radius 3 is 2.67 bits per heavy atom. The molecule has 6 nitrogen and oxygen atoms in total. The van der Waals surface area contributed by atoms with Crippen molar-refractivity contribution in [1.29, 1.82) is 0 Å². The number of amides is 1. The van der Waals surface area contributed by atoms with Gasteiger partial charge in [-0.25, -0.2) is 9.97 Å². The second-order valence-electron chi connectivity index (χ2n) is 2.11. The van der Waals surface area contributed by atoms with E-state index in [4.69, 9.17) is 0 Å². The van der Waals surface area contributed by atoms with Crippen LogP contribution in [0.4, 0.5) is 0 Å². The molecule has 12 heavy (non-hydrogen) atoms. The van der Waals surface area contributed by atoms with Gasteiger partial charge in [-0.2, -0.15) is 0 Å². The minimum absolute atomic E-state index is 0.285. The van der Waals surface area contributed by atoms with Crippen LogP contribution >= 0.6 is 0 Å². The first-order valence-corrected chi connectivity index (χ1v) is 3.25. The molecule has 2 heterocycles. The van der Waals surface area contributed by atoms with Crippen LogP contribution in [0.2, 0.25) is 0 Å². The molecule has 2 rings (SSSR count). The molecule has 1 atom stereocenters. The minimum Gasteiger partial charge on any atom is -0.357 e. The Morgan fingerprint density at radius 2 is 2.08 bits per heavy atom. The lowest BCUT2D eigenvalue weighted by Crippen LogP contribution is -2.09. The lowest BCUT2D eigenvalue weighted by atomic mass is 10.3. The molecule has 0 aromatic carbocycles. The summed E-state index contributed by atoms with van der Waals surface area (Å²) < 4.78 is 0. The van der Waals surface area contributed by atoms with E-state index in [0.29, 0.717) is 0 Å². The van der Waals surface area contributed by atoms with Gasteiger partial charge >= 0.3 is 5.91 Å². The molecule has 60 valence electrons. The quantitative estimate of drug-likeness (QED) is 0.603. The van der Waals surface area contributed by atoms with Crippen molar-refractivity contribution in [3.05, 3.63) is 24.3 Å². The van der Waals surface area contributed by atoms with Crippen LogP contribution in [0, 0.1) is 0 Å². The van der Waals surface area contributed by atoms with E-state index in [1.807, 2.05) is 0 Å². The van der Waals surface area contributed by atoms with Gasteiger partial charge in [-0.1, -0.05) is 5.11 Å². The van der Waals surface area contributed by atoms with Crippen LogP contribution in [-0.4, -0.2) is 15.9 Å². The molecule has 6 heteroatoms. The molecule has 0 N–H and O–H groups in total. The Balaban J connectivity index is 2.27. The molecular formula is C6H4N4O2. The van der Waals surface area contributed by atoms with Crippen molar-refractivity contribution < 1.29 is 9.63 Å². The third-order valence-corrected chi connectivity index (χ3v) is 1.34. The molecule has 0 radical (unpaired) electrons. The summed E-state index contributed by atoms with van der Waals surface area (Å²) >= 11 is 0. The van der Waals surface area contributed by atoms with Gasteiger partial charge < -0.3 is 4.84 Å². The van der Waals surface area contributed by atoms with E-state index in [1.165, 1.54) is 12.4 Å². The Labute approximate surface area is 67.3 Å². The number of carbonyl (C=O) groups excluding carboxylic acids is 1. The highest BCUT2D eigenvalue weighted by Crippen LogP contribution is 2.19. The van der Waals surface area contributed by atoms with Crippen LogP contribution in [0.5, 0.6) is 0 Å². The van der Waals surface area contributed by atoms with Crippen LogP contribution in [0.15, 0.2) is 28.9 Å². The topological polar surface area (TPSA) is 76.8 Å². The summed E-state index contributed by atoms with van der Waals surface area (Å²) in [6.45, 7) is 0. The standard InChI is InChI=1S/C6H4N4O2/c11-6-4(12-10-9-6)5-7-2-1-3-8-5/h1-4H. The molecule has 1 aliphatic rings. The highest BCUT2D eigenvalue weighted by molar-refractivity contribution is 5.82. The second kappa shape index (κ2) is 2.65. The molecule has 0 spiro atoms. The molecule has 1 aromatic rings. The van der Waals surface area contributed by atoms with E-state index < -0.39 is 12.0 Å². The van der Waals surface area contributed by atoms with Gasteiger partial charge in [0.05, 0.1) is 0 Å². The van der Waals surface area contributed by atoms with Crippen molar-refractivity contribution in [3.63, 3.8) is 0 Å². The fourth-order valence-corrected chi connectivity index (χ4v) is 0.812. The van der Waals surface area contributed by atoms with Gasteiger partial charge in [0.25, 0.3) is 6.10 Å². The van der Waals surface area contributed by atoms with Gasteiger partial charge in [-0.3, -0.25) is 4.79 Å². The molecule has 1 aliphatic heterocycles. The summed E-state index contributed by atoms with van der Waals surface area (Å²) in [7, 11) is 0. The maximum Gasteiger partial charge on any atom is 0.319 e. The molecule has 1 unspecified atom stereocenters. The summed E-state index contributed by atoms with van der Waals surface area (Å²) in [4.78, 5) is 23.2. The smallest absolute Gasteiger partial charge is 0.319 e. The third-order valence-electron chi connectivity index (χ3n) is 1.34. The lowest BCUT2D eigenvalue weighted by molar-refractivity contribution is -0.124. The van der Waals surface area contributed by atoms with Crippen molar-refractivity contribution in [2.45, 2.75) is 6.10 Å². The van der Waals surface area contributed by atoms with Crippen molar-refractivity contribution in [1.82, 2.24) is 9.97 Å². The zero-order chi connectivity index (χ0) is 8.39. The maximum atomic E-state index is 10.9. The summed E-state index contributed by atoms with van der Waals surface area (Å²) in [5.74, 6) is -0.186. The first kappa shape index (κ1) is 6.84. The van der Waals surface area contributed by atoms with E-state index in [9.17, 15) is 4.79 Å². The third kappa shape index (κ3) is 1.03. The summed E-state index contributed by atoms with van der Waals surface area (Å²) in [6.07, 6.45) is 2.19. The van der Waals surface area contributed by atoms with Crippen molar-refractivity contribution >= 4 is 5.91 Å². The average Bonchev–Trinajstić information content (AvgIpc) is 2.53. The zero-order valence-electron chi connectivity index (χ0n) is 5.91. The Bertz CT molecular complexity index is 324.